The number of aliphatic carboxylic acids is 1. The van der Waals surface area contributed by atoms with Crippen LogP contribution in [0.2, 0.25) is 0 Å². The fourth-order valence-electron chi connectivity index (χ4n) is 2.36. The van der Waals surface area contributed by atoms with Crippen LogP contribution in [0.3, 0.4) is 0 Å². The third kappa shape index (κ3) is 10.1. The molecule has 1 unspecified atom stereocenters. The fourth-order valence-corrected chi connectivity index (χ4v) is 2.36. The summed E-state index contributed by atoms with van der Waals surface area (Å²) >= 11 is 0. The van der Waals surface area contributed by atoms with Crippen molar-refractivity contribution >= 4 is 30.8 Å². The van der Waals surface area contributed by atoms with E-state index in [4.69, 9.17) is 5.11 Å². The smallest absolute Gasteiger partial charge is 0.306 e. The molecule has 140 valence electrons. The summed E-state index contributed by atoms with van der Waals surface area (Å²) in [7, 11) is 0. The number of nitrogens with one attached hydrogen (secondary N) is 1. The third-order valence-corrected chi connectivity index (χ3v) is 3.73. The van der Waals surface area contributed by atoms with Gasteiger partial charge in [0.15, 0.2) is 11.6 Å². The molecule has 1 rings (SSSR count). The highest BCUT2D eigenvalue weighted by atomic mass is 35.5. The first-order valence-electron chi connectivity index (χ1n) is 7.92. The maximum Gasteiger partial charge on any atom is 0.306 e. The molecule has 24 heavy (non-hydrogen) atoms. The Morgan fingerprint density at radius 3 is 2.42 bits per heavy atom. The number of hydrogen-bond donors (Lipinski definition) is 2. The predicted octanol–water partition coefficient (Wildman–Crippen LogP) is 4.61. The lowest BCUT2D eigenvalue weighted by atomic mass is 9.99. The Bertz CT molecular complexity index is 476. The van der Waals surface area contributed by atoms with Crippen molar-refractivity contribution in [2.24, 2.45) is 5.92 Å². The molecule has 0 aliphatic heterocycles. The van der Waals surface area contributed by atoms with Gasteiger partial charge in [0.1, 0.15) is 0 Å². The van der Waals surface area contributed by atoms with Gasteiger partial charge in [-0.05, 0) is 56.5 Å². The molecule has 1 atom stereocenters. The number of benzene rings is 1. The average Bonchev–Trinajstić information content (AvgIpc) is 2.48. The van der Waals surface area contributed by atoms with Crippen molar-refractivity contribution < 1.29 is 18.7 Å². The Morgan fingerprint density at radius 1 is 1.12 bits per heavy atom. The molecule has 1 aromatic carbocycles. The Balaban J connectivity index is 0. The maximum atomic E-state index is 13.0. The topological polar surface area (TPSA) is 49.3 Å². The number of aryl methyl sites for hydroxylation is 1. The van der Waals surface area contributed by atoms with Crippen LogP contribution in [0.5, 0.6) is 0 Å². The molecule has 0 heterocycles. The van der Waals surface area contributed by atoms with Gasteiger partial charge in [0.05, 0.1) is 5.92 Å². The van der Waals surface area contributed by atoms with Gasteiger partial charge in [-0.1, -0.05) is 25.8 Å². The molecule has 3 nitrogen and oxygen atoms in total. The highest BCUT2D eigenvalue weighted by Gasteiger charge is 2.15. The molecule has 0 aliphatic carbocycles. The minimum absolute atomic E-state index is 0. The van der Waals surface area contributed by atoms with Crippen molar-refractivity contribution in [2.45, 2.75) is 45.4 Å². The number of rotatable bonds is 11. The number of hydrogen-bond acceptors (Lipinski definition) is 2. The van der Waals surface area contributed by atoms with Gasteiger partial charge < -0.3 is 10.4 Å². The van der Waals surface area contributed by atoms with E-state index < -0.39 is 17.6 Å². The van der Waals surface area contributed by atoms with E-state index in [1.165, 1.54) is 6.07 Å². The number of carboxylic acid groups (broad SMARTS) is 1. The molecular weight excluding hydrogens is 359 g/mol. The summed E-state index contributed by atoms with van der Waals surface area (Å²) in [6.45, 7) is 3.45. The maximum absolute atomic E-state index is 13.0. The van der Waals surface area contributed by atoms with E-state index in [9.17, 15) is 13.6 Å². The molecule has 0 saturated heterocycles. The number of carbonyl (C=O) groups is 1. The largest absolute Gasteiger partial charge is 0.481 e. The quantitative estimate of drug-likeness (QED) is 0.546. The van der Waals surface area contributed by atoms with E-state index in [0.717, 1.165) is 43.9 Å². The van der Waals surface area contributed by atoms with E-state index in [2.05, 4.69) is 12.2 Å². The minimum atomic E-state index is -0.825. The molecule has 0 saturated carbocycles. The normalized spacial score (nSPS) is 11.3. The molecule has 0 bridgehead atoms. The second kappa shape index (κ2) is 14.4. The van der Waals surface area contributed by atoms with Crippen LogP contribution in [0.4, 0.5) is 8.78 Å². The molecule has 0 amide bonds. The summed E-state index contributed by atoms with van der Waals surface area (Å²) in [4.78, 5) is 11.1. The standard InChI is InChI=1S/C17H25F2NO2.2ClH/c1-2-3-6-14(17(21)22)9-11-20-10-4-5-13-7-8-15(18)16(19)12-13;;/h7-8,12,14,20H,2-6,9-11H2,1H3,(H,21,22);2*1H. The lowest BCUT2D eigenvalue weighted by Crippen LogP contribution is -2.23. The van der Waals surface area contributed by atoms with Crippen LogP contribution in [-0.2, 0) is 11.2 Å². The monoisotopic (exact) mass is 385 g/mol. The zero-order valence-corrected chi connectivity index (χ0v) is 15.5. The van der Waals surface area contributed by atoms with Gasteiger partial charge in [0.25, 0.3) is 0 Å². The molecular formula is C17H27Cl2F2NO2. The number of halogens is 4. The number of unbranched alkanes of at least 4 members (excludes halogenated alkanes) is 1. The van der Waals surface area contributed by atoms with Crippen molar-refractivity contribution in [3.05, 3.63) is 35.4 Å². The molecule has 0 aliphatic rings. The van der Waals surface area contributed by atoms with Crippen molar-refractivity contribution in [1.82, 2.24) is 5.32 Å². The Kier molecular flexibility index (Phi) is 15.2. The molecule has 0 fully saturated rings. The first kappa shape index (κ1) is 25.3. The fraction of sp³-hybridized carbons (Fsp3) is 0.588. The highest BCUT2D eigenvalue weighted by molar-refractivity contribution is 5.85. The van der Waals surface area contributed by atoms with E-state index in [1.807, 2.05) is 0 Å². The van der Waals surface area contributed by atoms with Crippen LogP contribution in [0.1, 0.15) is 44.6 Å². The summed E-state index contributed by atoms with van der Waals surface area (Å²) in [5.41, 5.74) is 0.770. The van der Waals surface area contributed by atoms with E-state index >= 15 is 0 Å². The predicted molar refractivity (Wildman–Crippen MR) is 97.3 cm³/mol. The Morgan fingerprint density at radius 2 is 1.83 bits per heavy atom. The van der Waals surface area contributed by atoms with Gasteiger partial charge in [0.2, 0.25) is 0 Å². The highest BCUT2D eigenvalue weighted by Crippen LogP contribution is 2.13. The second-order valence-electron chi connectivity index (χ2n) is 5.57. The first-order chi connectivity index (χ1) is 10.5. The molecule has 0 aromatic heterocycles. The third-order valence-electron chi connectivity index (χ3n) is 3.73. The Hall–Kier alpha value is -0.910. The second-order valence-corrected chi connectivity index (χ2v) is 5.57. The summed E-state index contributed by atoms with van der Waals surface area (Å²) in [5.74, 6) is -2.64. The molecule has 0 radical (unpaired) electrons. The van der Waals surface area contributed by atoms with Crippen LogP contribution in [0.25, 0.3) is 0 Å². The van der Waals surface area contributed by atoms with Crippen molar-refractivity contribution in [3.8, 4) is 0 Å². The molecule has 0 spiro atoms. The van der Waals surface area contributed by atoms with Gasteiger partial charge in [-0.3, -0.25) is 4.79 Å². The Labute approximate surface area is 155 Å². The molecule has 2 N–H and O–H groups in total. The lowest BCUT2D eigenvalue weighted by Gasteiger charge is -2.12. The molecule has 1 aromatic rings. The SMILES string of the molecule is CCCCC(CCNCCCc1ccc(F)c(F)c1)C(=O)O.Cl.Cl. The van der Waals surface area contributed by atoms with E-state index in [0.29, 0.717) is 19.4 Å². The van der Waals surface area contributed by atoms with Gasteiger partial charge in [0, 0.05) is 0 Å². The lowest BCUT2D eigenvalue weighted by molar-refractivity contribution is -0.142. The zero-order chi connectivity index (χ0) is 16.4. The zero-order valence-electron chi connectivity index (χ0n) is 13.9. The van der Waals surface area contributed by atoms with Crippen molar-refractivity contribution in [3.63, 3.8) is 0 Å². The minimum Gasteiger partial charge on any atom is -0.481 e. The summed E-state index contributed by atoms with van der Waals surface area (Å²) < 4.78 is 25.8. The van der Waals surface area contributed by atoms with E-state index in [1.54, 1.807) is 6.07 Å². The van der Waals surface area contributed by atoms with Crippen LogP contribution in [-0.4, -0.2) is 24.2 Å². The van der Waals surface area contributed by atoms with Gasteiger partial charge in [-0.25, -0.2) is 8.78 Å². The van der Waals surface area contributed by atoms with Crippen LogP contribution in [0, 0.1) is 17.6 Å². The molecule has 7 heteroatoms. The summed E-state index contributed by atoms with van der Waals surface area (Å²) in [5, 5.41) is 12.3. The van der Waals surface area contributed by atoms with Crippen molar-refractivity contribution in [1.29, 1.82) is 0 Å². The first-order valence-corrected chi connectivity index (χ1v) is 7.92. The van der Waals surface area contributed by atoms with Gasteiger partial charge in [-0.15, -0.1) is 24.8 Å². The van der Waals surface area contributed by atoms with E-state index in [-0.39, 0.29) is 30.7 Å². The van der Waals surface area contributed by atoms with Gasteiger partial charge in [-0.2, -0.15) is 0 Å². The average molecular weight is 386 g/mol. The van der Waals surface area contributed by atoms with Crippen LogP contribution >= 0.6 is 24.8 Å². The van der Waals surface area contributed by atoms with Crippen LogP contribution < -0.4 is 5.32 Å². The summed E-state index contributed by atoms with van der Waals surface area (Å²) in [6, 6.07) is 3.95. The van der Waals surface area contributed by atoms with Gasteiger partial charge >= 0.3 is 5.97 Å². The number of carboxylic acids is 1. The van der Waals surface area contributed by atoms with Crippen LogP contribution in [0.15, 0.2) is 18.2 Å². The summed E-state index contributed by atoms with van der Waals surface area (Å²) in [6.07, 6.45) is 4.77. The van der Waals surface area contributed by atoms with Crippen molar-refractivity contribution in [2.75, 3.05) is 13.1 Å².